The fourth-order valence-corrected chi connectivity index (χ4v) is 4.39. The number of thiazole rings is 1. The lowest BCUT2D eigenvalue weighted by Crippen LogP contribution is -2.40. The van der Waals surface area contributed by atoms with Crippen molar-refractivity contribution in [3.05, 3.63) is 58.9 Å². The molecule has 0 fully saturated rings. The number of aromatic nitrogens is 2. The Balaban J connectivity index is 1.96. The van der Waals surface area contributed by atoms with Gasteiger partial charge in [0.05, 0.1) is 21.1 Å². The summed E-state index contributed by atoms with van der Waals surface area (Å²) >= 11 is 1.57. The van der Waals surface area contributed by atoms with Crippen LogP contribution in [0, 0.1) is 11.6 Å². The average Bonchev–Trinajstić information content (AvgIpc) is 3.28. The number of nitrogens with two attached hydrogens (primary N) is 3. The van der Waals surface area contributed by atoms with Crippen LogP contribution in [0.3, 0.4) is 0 Å². The molecule has 0 radical (unpaired) electrons. The number of hydrazone groups is 1. The fourth-order valence-electron chi connectivity index (χ4n) is 3.27. The second-order valence-corrected chi connectivity index (χ2v) is 8.17. The largest absolute Gasteiger partial charge is 0.383 e. The Labute approximate surface area is 189 Å². The number of halogens is 2. The third-order valence-electron chi connectivity index (χ3n) is 5.09. The molecule has 1 unspecified atom stereocenters. The predicted octanol–water partition coefficient (Wildman–Crippen LogP) is 3.17. The lowest BCUT2D eigenvalue weighted by Gasteiger charge is -2.21. The van der Waals surface area contributed by atoms with E-state index in [1.807, 2.05) is 7.05 Å². The Morgan fingerprint density at radius 2 is 2.06 bits per heavy atom. The third-order valence-corrected chi connectivity index (χ3v) is 6.30. The molecule has 1 aromatic carbocycles. The Morgan fingerprint density at radius 3 is 2.75 bits per heavy atom. The molecule has 2 aromatic heterocycles. The van der Waals surface area contributed by atoms with Crippen molar-refractivity contribution in [1.29, 1.82) is 0 Å². The Morgan fingerprint density at radius 1 is 1.28 bits per heavy atom. The number of hydrogen-bond acceptors (Lipinski definition) is 8. The van der Waals surface area contributed by atoms with Crippen LogP contribution >= 0.6 is 11.3 Å². The van der Waals surface area contributed by atoms with Gasteiger partial charge in [-0.05, 0) is 44.6 Å². The lowest BCUT2D eigenvalue weighted by atomic mass is 10.0. The molecule has 0 amide bonds. The van der Waals surface area contributed by atoms with Crippen LogP contribution in [0.4, 0.5) is 20.3 Å². The zero-order chi connectivity index (χ0) is 23.3. The number of hydrogen-bond donors (Lipinski definition) is 4. The number of nitrogen functional groups attached to an aromatic ring is 1. The van der Waals surface area contributed by atoms with Crippen molar-refractivity contribution in [2.24, 2.45) is 16.8 Å². The zero-order valence-electron chi connectivity index (χ0n) is 17.8. The number of anilines is 2. The van der Waals surface area contributed by atoms with Crippen LogP contribution in [0.5, 0.6) is 0 Å². The quantitative estimate of drug-likeness (QED) is 0.176. The van der Waals surface area contributed by atoms with Crippen molar-refractivity contribution < 1.29 is 8.78 Å². The smallest absolute Gasteiger partial charge is 0.183 e. The molecule has 3 aromatic rings. The van der Waals surface area contributed by atoms with Gasteiger partial charge < -0.3 is 16.9 Å². The van der Waals surface area contributed by atoms with Crippen LogP contribution in [0.15, 0.2) is 41.8 Å². The number of nitrogens with zero attached hydrogens (tertiary/aromatic N) is 4. The molecular formula is C21H26F2N8S. The average molecular weight is 461 g/mol. The van der Waals surface area contributed by atoms with E-state index < -0.39 is 11.6 Å². The molecule has 0 aliphatic rings. The predicted molar refractivity (Wildman–Crippen MR) is 125 cm³/mol. The summed E-state index contributed by atoms with van der Waals surface area (Å²) in [7, 11) is 1.93. The van der Waals surface area contributed by atoms with E-state index in [9.17, 15) is 8.78 Å². The summed E-state index contributed by atoms with van der Waals surface area (Å²) in [6.07, 6.45) is 5.36. The topological polar surface area (TPSA) is 131 Å². The van der Waals surface area contributed by atoms with Crippen LogP contribution in [-0.2, 0) is 0 Å². The first-order valence-electron chi connectivity index (χ1n) is 10.0. The van der Waals surface area contributed by atoms with Gasteiger partial charge in [0.2, 0.25) is 0 Å². The van der Waals surface area contributed by atoms with E-state index in [0.29, 0.717) is 5.92 Å². The maximum atomic E-state index is 14.3. The van der Waals surface area contributed by atoms with Crippen molar-refractivity contribution in [3.8, 4) is 10.4 Å². The van der Waals surface area contributed by atoms with Crippen molar-refractivity contribution in [2.75, 3.05) is 24.3 Å². The second-order valence-electron chi connectivity index (χ2n) is 7.11. The summed E-state index contributed by atoms with van der Waals surface area (Å²) in [5.74, 6) is 9.79. The number of rotatable bonds is 8. The molecule has 7 N–H and O–H groups in total. The number of amidine groups is 1. The van der Waals surface area contributed by atoms with E-state index in [4.69, 9.17) is 17.4 Å². The van der Waals surface area contributed by atoms with Crippen molar-refractivity contribution in [3.63, 3.8) is 0 Å². The van der Waals surface area contributed by atoms with Gasteiger partial charge in [0, 0.05) is 23.9 Å². The summed E-state index contributed by atoms with van der Waals surface area (Å²) < 4.78 is 27.9. The number of nitrogens with one attached hydrogen (secondary N) is 1. The first-order valence-corrected chi connectivity index (χ1v) is 10.9. The fraction of sp³-hybridized carbons (Fsp3) is 0.286. The lowest BCUT2D eigenvalue weighted by molar-refractivity contribution is 0.509. The summed E-state index contributed by atoms with van der Waals surface area (Å²) in [6, 6.07) is 5.33. The molecule has 1 atom stereocenters. The third kappa shape index (κ3) is 4.85. The van der Waals surface area contributed by atoms with Crippen LogP contribution in [0.1, 0.15) is 36.3 Å². The van der Waals surface area contributed by atoms with Crippen molar-refractivity contribution in [1.82, 2.24) is 15.3 Å². The van der Waals surface area contributed by atoms with Gasteiger partial charge in [-0.3, -0.25) is 5.01 Å². The van der Waals surface area contributed by atoms with Crippen LogP contribution in [-0.4, -0.2) is 29.4 Å². The van der Waals surface area contributed by atoms with Gasteiger partial charge >= 0.3 is 0 Å². The van der Waals surface area contributed by atoms with E-state index >= 15 is 0 Å². The van der Waals surface area contributed by atoms with Crippen molar-refractivity contribution >= 4 is 28.7 Å². The van der Waals surface area contributed by atoms with Crippen LogP contribution < -0.4 is 27.7 Å². The number of benzene rings is 1. The summed E-state index contributed by atoms with van der Waals surface area (Å²) in [5, 5.41) is 8.72. The molecule has 0 saturated heterocycles. The number of hydrazine groups is 1. The van der Waals surface area contributed by atoms with Crippen molar-refractivity contribution in [2.45, 2.75) is 25.7 Å². The molecule has 0 aliphatic carbocycles. The monoisotopic (exact) mass is 460 g/mol. The van der Waals surface area contributed by atoms with Gasteiger partial charge in [0.15, 0.2) is 17.5 Å². The zero-order valence-corrected chi connectivity index (χ0v) is 18.7. The summed E-state index contributed by atoms with van der Waals surface area (Å²) in [5.41, 5.74) is 6.82. The molecule has 0 aliphatic heterocycles. The number of pyridine rings is 1. The van der Waals surface area contributed by atoms with Gasteiger partial charge in [0.1, 0.15) is 5.82 Å². The molecule has 3 rings (SSSR count). The van der Waals surface area contributed by atoms with Gasteiger partial charge in [-0.25, -0.2) is 24.6 Å². The summed E-state index contributed by atoms with van der Waals surface area (Å²) in [4.78, 5) is 9.70. The molecule has 32 heavy (non-hydrogen) atoms. The minimum absolute atomic E-state index is 0.0634. The van der Waals surface area contributed by atoms with Crippen LogP contribution in [0.2, 0.25) is 0 Å². The Hall–Kier alpha value is -3.15. The SMILES string of the molecule is CCC(CCNC)c1ncc(-c2cnc(N)c(/C(=N/N)N(N)c3cccc(F)c3F)c2)s1. The Kier molecular flexibility index (Phi) is 7.67. The van der Waals surface area contributed by atoms with E-state index in [1.165, 1.54) is 12.1 Å². The highest BCUT2D eigenvalue weighted by atomic mass is 32.1. The van der Waals surface area contributed by atoms with E-state index in [2.05, 4.69) is 27.3 Å². The van der Waals surface area contributed by atoms with Gasteiger partial charge in [-0.1, -0.05) is 13.0 Å². The molecule has 8 nitrogen and oxygen atoms in total. The molecule has 0 saturated carbocycles. The highest BCUT2D eigenvalue weighted by Crippen LogP contribution is 2.34. The first-order chi connectivity index (χ1) is 15.4. The normalized spacial score (nSPS) is 12.7. The molecule has 170 valence electrons. The molecule has 0 spiro atoms. The Bertz CT molecular complexity index is 1100. The van der Waals surface area contributed by atoms with E-state index in [1.54, 1.807) is 29.8 Å². The maximum absolute atomic E-state index is 14.3. The minimum Gasteiger partial charge on any atom is -0.383 e. The molecule has 0 bridgehead atoms. The van der Waals surface area contributed by atoms with Gasteiger partial charge in [-0.2, -0.15) is 5.10 Å². The van der Waals surface area contributed by atoms with Crippen LogP contribution in [0.25, 0.3) is 10.4 Å². The maximum Gasteiger partial charge on any atom is 0.183 e. The second kappa shape index (κ2) is 10.4. The first kappa shape index (κ1) is 23.5. The minimum atomic E-state index is -1.13. The molecular weight excluding hydrogens is 434 g/mol. The highest BCUT2D eigenvalue weighted by Gasteiger charge is 2.22. The molecule has 2 heterocycles. The van der Waals surface area contributed by atoms with Gasteiger partial charge in [-0.15, -0.1) is 11.3 Å². The van der Waals surface area contributed by atoms with Gasteiger partial charge in [0.25, 0.3) is 0 Å². The van der Waals surface area contributed by atoms with E-state index in [-0.39, 0.29) is 22.9 Å². The summed E-state index contributed by atoms with van der Waals surface area (Å²) in [6.45, 7) is 3.04. The standard InChI is InChI=1S/C21H26F2N8S/c1-3-12(7-8-27-2)21-29-11-17(32-21)13-9-14(19(24)28-10-13)20(30-25)31(26)16-6-4-5-15(22)18(16)23/h4-6,9-12,27H,3,7-8,25-26H2,1-2H3,(H2,24,28)/b30-20-. The highest BCUT2D eigenvalue weighted by molar-refractivity contribution is 7.15. The molecule has 11 heteroatoms. The van der Waals surface area contributed by atoms with E-state index in [0.717, 1.165) is 45.9 Å².